The molecule has 0 bridgehead atoms. The Bertz CT molecular complexity index is 651. The van der Waals surface area contributed by atoms with Gasteiger partial charge in [-0.3, -0.25) is 4.79 Å². The zero-order valence-corrected chi connectivity index (χ0v) is 10.0. The summed E-state index contributed by atoms with van der Waals surface area (Å²) in [6, 6.07) is 4.24. The van der Waals surface area contributed by atoms with Crippen LogP contribution in [-0.4, -0.2) is 49.9 Å². The highest BCUT2D eigenvalue weighted by Crippen LogP contribution is 2.21. The van der Waals surface area contributed by atoms with Crippen molar-refractivity contribution in [3.05, 3.63) is 23.8 Å². The molecule has 0 aliphatic carbocycles. The molecule has 1 amide bonds. The number of rotatable bonds is 2. The van der Waals surface area contributed by atoms with E-state index >= 15 is 0 Å². The van der Waals surface area contributed by atoms with Crippen molar-refractivity contribution in [2.45, 2.75) is 18.9 Å². The summed E-state index contributed by atoms with van der Waals surface area (Å²) in [6.45, 7) is 0.479. The number of hydrogen-bond donors (Lipinski definition) is 2. The minimum Gasteiger partial charge on any atom is -0.480 e. The van der Waals surface area contributed by atoms with E-state index < -0.39 is 12.0 Å². The molecule has 2 N–H and O–H groups in total. The summed E-state index contributed by atoms with van der Waals surface area (Å²) in [6.07, 6.45) is 1.22. The Balaban J connectivity index is 1.92. The summed E-state index contributed by atoms with van der Waals surface area (Å²) in [5, 5.41) is 19.4. The second-order valence-electron chi connectivity index (χ2n) is 4.52. The summed E-state index contributed by atoms with van der Waals surface area (Å²) < 4.78 is 0. The number of fused-ring (bicyclic) bond motifs is 1. The van der Waals surface area contributed by atoms with Gasteiger partial charge in [-0.15, -0.1) is 0 Å². The Morgan fingerprint density at radius 1 is 1.32 bits per heavy atom. The summed E-state index contributed by atoms with van der Waals surface area (Å²) in [5.74, 6) is -1.22. The van der Waals surface area contributed by atoms with E-state index in [1.54, 1.807) is 18.2 Å². The zero-order valence-electron chi connectivity index (χ0n) is 10.0. The third kappa shape index (κ3) is 1.92. The molecule has 2 heterocycles. The van der Waals surface area contributed by atoms with Gasteiger partial charge in [-0.25, -0.2) is 4.79 Å². The van der Waals surface area contributed by atoms with Crippen LogP contribution < -0.4 is 0 Å². The molecule has 7 heteroatoms. The number of nitrogens with one attached hydrogen (secondary N) is 1. The molecule has 3 rings (SSSR count). The average Bonchev–Trinajstić information content (AvgIpc) is 3.05. The molecule has 1 aromatic heterocycles. The molecule has 1 aliphatic heterocycles. The maximum Gasteiger partial charge on any atom is 0.326 e. The third-order valence-electron chi connectivity index (χ3n) is 3.36. The molecule has 7 nitrogen and oxygen atoms in total. The first-order chi connectivity index (χ1) is 9.16. The van der Waals surface area contributed by atoms with Crippen LogP contribution in [0.25, 0.3) is 11.0 Å². The largest absolute Gasteiger partial charge is 0.480 e. The Morgan fingerprint density at radius 2 is 2.11 bits per heavy atom. The number of amides is 1. The quantitative estimate of drug-likeness (QED) is 0.825. The van der Waals surface area contributed by atoms with Gasteiger partial charge in [0.05, 0.1) is 0 Å². The fraction of sp³-hybridized carbons (Fsp3) is 0.333. The molecule has 1 fully saturated rings. The van der Waals surface area contributed by atoms with E-state index in [-0.39, 0.29) is 5.91 Å². The summed E-state index contributed by atoms with van der Waals surface area (Å²) >= 11 is 0. The normalized spacial score (nSPS) is 18.9. The molecule has 1 aromatic carbocycles. The molecule has 0 spiro atoms. The minimum atomic E-state index is -0.951. The van der Waals surface area contributed by atoms with Crippen LogP contribution in [0, 0.1) is 0 Å². The van der Waals surface area contributed by atoms with Gasteiger partial charge in [0.25, 0.3) is 5.91 Å². The van der Waals surface area contributed by atoms with Crippen molar-refractivity contribution in [1.82, 2.24) is 20.3 Å². The topological polar surface area (TPSA) is 99.2 Å². The number of hydrogen-bond acceptors (Lipinski definition) is 4. The molecule has 2 aromatic rings. The van der Waals surface area contributed by atoms with E-state index in [1.807, 2.05) is 0 Å². The van der Waals surface area contributed by atoms with Gasteiger partial charge in [-0.05, 0) is 31.0 Å². The summed E-state index contributed by atoms with van der Waals surface area (Å²) in [5.41, 5.74) is 1.71. The molecule has 1 atom stereocenters. The Labute approximate surface area is 108 Å². The fourth-order valence-corrected chi connectivity index (χ4v) is 2.41. The van der Waals surface area contributed by atoms with Crippen LogP contribution in [0.15, 0.2) is 18.2 Å². The van der Waals surface area contributed by atoms with Crippen molar-refractivity contribution in [3.63, 3.8) is 0 Å². The highest BCUT2D eigenvalue weighted by atomic mass is 16.4. The predicted molar refractivity (Wildman–Crippen MR) is 65.6 cm³/mol. The molecule has 19 heavy (non-hydrogen) atoms. The first kappa shape index (κ1) is 11.6. The average molecular weight is 260 g/mol. The number of benzene rings is 1. The van der Waals surface area contributed by atoms with Crippen LogP contribution in [0.5, 0.6) is 0 Å². The maximum atomic E-state index is 12.3. The van der Waals surface area contributed by atoms with E-state index in [9.17, 15) is 9.59 Å². The predicted octanol–water partition coefficient (Wildman–Crippen LogP) is 0.647. The number of aliphatic carboxylic acids is 1. The van der Waals surface area contributed by atoms with Crippen LogP contribution >= 0.6 is 0 Å². The smallest absolute Gasteiger partial charge is 0.326 e. The monoisotopic (exact) mass is 260 g/mol. The highest BCUT2D eigenvalue weighted by molar-refractivity contribution is 5.99. The fourth-order valence-electron chi connectivity index (χ4n) is 2.41. The Kier molecular flexibility index (Phi) is 2.66. The maximum absolute atomic E-state index is 12.3. The minimum absolute atomic E-state index is 0.269. The van der Waals surface area contributed by atoms with Gasteiger partial charge in [-0.1, -0.05) is 0 Å². The van der Waals surface area contributed by atoms with Crippen LogP contribution in [0.2, 0.25) is 0 Å². The number of likely N-dealkylation sites (tertiary alicyclic amines) is 1. The lowest BCUT2D eigenvalue weighted by molar-refractivity contribution is -0.141. The van der Waals surface area contributed by atoms with Crippen LogP contribution in [-0.2, 0) is 4.79 Å². The van der Waals surface area contributed by atoms with E-state index in [2.05, 4.69) is 15.4 Å². The number of carbonyl (C=O) groups excluding carboxylic acids is 1. The first-order valence-electron chi connectivity index (χ1n) is 6.01. The summed E-state index contributed by atoms with van der Waals surface area (Å²) in [7, 11) is 0. The van der Waals surface area contributed by atoms with E-state index in [4.69, 9.17) is 5.11 Å². The van der Waals surface area contributed by atoms with Gasteiger partial charge in [0.1, 0.15) is 17.1 Å². The molecule has 1 aliphatic rings. The van der Waals surface area contributed by atoms with Crippen LogP contribution in [0.4, 0.5) is 0 Å². The standard InChI is InChI=1S/C12H12N4O3/c17-11(16-5-1-2-10(16)12(18)19)7-3-4-8-9(6-7)14-15-13-8/h3-4,6,10H,1-2,5H2,(H,18,19)(H,13,14,15)/t10-/m0/s1. The Morgan fingerprint density at radius 3 is 2.89 bits per heavy atom. The SMILES string of the molecule is O=C(O)[C@@H]1CCCN1C(=O)c1ccc2n[nH]nc2c1. The first-order valence-corrected chi connectivity index (χ1v) is 6.01. The number of carboxylic acid groups (broad SMARTS) is 1. The molecular formula is C12H12N4O3. The number of nitrogens with zero attached hydrogens (tertiary/aromatic N) is 3. The van der Waals surface area contributed by atoms with Gasteiger partial charge in [0, 0.05) is 12.1 Å². The van der Waals surface area contributed by atoms with E-state index in [0.717, 1.165) is 6.42 Å². The number of aromatic nitrogens is 3. The van der Waals surface area contributed by atoms with Crippen molar-refractivity contribution < 1.29 is 14.7 Å². The van der Waals surface area contributed by atoms with Crippen molar-refractivity contribution in [2.75, 3.05) is 6.54 Å². The molecule has 0 saturated carbocycles. The third-order valence-corrected chi connectivity index (χ3v) is 3.36. The van der Waals surface area contributed by atoms with Crippen molar-refractivity contribution in [1.29, 1.82) is 0 Å². The van der Waals surface area contributed by atoms with Gasteiger partial charge in [-0.2, -0.15) is 15.4 Å². The Hall–Kier alpha value is -2.44. The zero-order chi connectivity index (χ0) is 13.4. The number of carboxylic acids is 1. The van der Waals surface area contributed by atoms with Gasteiger partial charge in [0.2, 0.25) is 0 Å². The number of H-pyrrole nitrogens is 1. The second kappa shape index (κ2) is 4.34. The van der Waals surface area contributed by atoms with Gasteiger partial charge in [0.15, 0.2) is 0 Å². The molecular weight excluding hydrogens is 248 g/mol. The molecule has 0 unspecified atom stereocenters. The molecule has 98 valence electrons. The lowest BCUT2D eigenvalue weighted by Gasteiger charge is -2.21. The van der Waals surface area contributed by atoms with Crippen LogP contribution in [0.3, 0.4) is 0 Å². The molecule has 1 saturated heterocycles. The van der Waals surface area contributed by atoms with Gasteiger partial charge >= 0.3 is 5.97 Å². The van der Waals surface area contributed by atoms with E-state index in [1.165, 1.54) is 4.90 Å². The van der Waals surface area contributed by atoms with Crippen molar-refractivity contribution in [2.24, 2.45) is 0 Å². The number of carbonyl (C=O) groups is 2. The summed E-state index contributed by atoms with van der Waals surface area (Å²) in [4.78, 5) is 24.8. The number of aromatic amines is 1. The highest BCUT2D eigenvalue weighted by Gasteiger charge is 2.34. The second-order valence-corrected chi connectivity index (χ2v) is 4.52. The van der Waals surface area contributed by atoms with Crippen LogP contribution in [0.1, 0.15) is 23.2 Å². The molecule has 0 radical (unpaired) electrons. The lowest BCUT2D eigenvalue weighted by atomic mass is 10.1. The van der Waals surface area contributed by atoms with E-state index in [0.29, 0.717) is 29.6 Å². The van der Waals surface area contributed by atoms with Crippen molar-refractivity contribution >= 4 is 22.9 Å². The van der Waals surface area contributed by atoms with Gasteiger partial charge < -0.3 is 10.0 Å². The lowest BCUT2D eigenvalue weighted by Crippen LogP contribution is -2.40. The van der Waals surface area contributed by atoms with Crippen molar-refractivity contribution in [3.8, 4) is 0 Å².